The predicted molar refractivity (Wildman–Crippen MR) is 85.5 cm³/mol. The van der Waals surface area contributed by atoms with Gasteiger partial charge in [0.1, 0.15) is 0 Å². The third-order valence-electron chi connectivity index (χ3n) is 3.44. The van der Waals surface area contributed by atoms with E-state index >= 15 is 0 Å². The molecule has 0 atom stereocenters. The molecule has 0 unspecified atom stereocenters. The van der Waals surface area contributed by atoms with Crippen molar-refractivity contribution in [1.29, 1.82) is 0 Å². The van der Waals surface area contributed by atoms with Crippen molar-refractivity contribution < 1.29 is 10.0 Å². The Morgan fingerprint density at radius 3 is 2.27 bits per heavy atom. The van der Waals surface area contributed by atoms with Crippen molar-refractivity contribution in [2.24, 2.45) is 4.99 Å². The molecule has 22 heavy (non-hydrogen) atoms. The van der Waals surface area contributed by atoms with Crippen molar-refractivity contribution >= 4 is 29.2 Å². The van der Waals surface area contributed by atoms with Crippen LogP contribution in [0.15, 0.2) is 29.3 Å². The molecule has 0 amide bonds. The van der Waals surface area contributed by atoms with E-state index in [0.29, 0.717) is 11.3 Å². The molecule has 0 bridgehead atoms. The minimum absolute atomic E-state index is 0.142. The van der Waals surface area contributed by atoms with Crippen LogP contribution in [0.25, 0.3) is 0 Å². The summed E-state index contributed by atoms with van der Waals surface area (Å²) in [6.07, 6.45) is 1.33. The summed E-state index contributed by atoms with van der Waals surface area (Å²) in [4.78, 5) is 14.6. The number of aryl methyl sites for hydroxylation is 1. The quantitative estimate of drug-likeness (QED) is 0.487. The van der Waals surface area contributed by atoms with Gasteiger partial charge in [0.25, 0.3) is 5.69 Å². The van der Waals surface area contributed by atoms with Gasteiger partial charge in [0.15, 0.2) is 0 Å². The smallest absolute Gasteiger partial charge is 0.266 e. The van der Waals surface area contributed by atoms with Crippen molar-refractivity contribution in [3.05, 3.63) is 61.7 Å². The first-order valence-electron chi connectivity index (χ1n) is 6.57. The van der Waals surface area contributed by atoms with Crippen molar-refractivity contribution in [1.82, 2.24) is 0 Å². The largest absolute Gasteiger partial charge is 0.867 e. The number of halogens is 1. The third-order valence-corrected chi connectivity index (χ3v) is 4.00. The lowest BCUT2D eigenvalue weighted by molar-refractivity contribution is -0.398. The molecular weight excluding hydrogens is 304 g/mol. The van der Waals surface area contributed by atoms with Crippen LogP contribution in [0, 0.1) is 30.9 Å². The minimum Gasteiger partial charge on any atom is -0.867 e. The molecule has 0 aliphatic rings. The van der Waals surface area contributed by atoms with Crippen LogP contribution in [0.4, 0.5) is 11.4 Å². The van der Waals surface area contributed by atoms with E-state index in [1.165, 1.54) is 13.1 Å². The zero-order valence-electron chi connectivity index (χ0n) is 12.4. The summed E-state index contributed by atoms with van der Waals surface area (Å²) in [6, 6.07) is 7.39. The van der Waals surface area contributed by atoms with Gasteiger partial charge in [0.05, 0.1) is 15.6 Å². The Kier molecular flexibility index (Phi) is 4.47. The van der Waals surface area contributed by atoms with Crippen LogP contribution in [0.5, 0.6) is 5.75 Å². The Labute approximate surface area is 133 Å². The van der Waals surface area contributed by atoms with Gasteiger partial charge in [-0.15, -0.1) is 0 Å². The molecular formula is C16H14ClN2O3-. The van der Waals surface area contributed by atoms with E-state index in [0.717, 1.165) is 5.56 Å². The lowest BCUT2D eigenvalue weighted by Gasteiger charge is -2.17. The summed E-state index contributed by atoms with van der Waals surface area (Å²) >= 11 is 6.10. The van der Waals surface area contributed by atoms with E-state index in [4.69, 9.17) is 11.6 Å². The summed E-state index contributed by atoms with van der Waals surface area (Å²) in [5.74, 6) is -0.666. The number of benzene rings is 2. The van der Waals surface area contributed by atoms with Gasteiger partial charge in [-0.2, -0.15) is 0 Å². The summed E-state index contributed by atoms with van der Waals surface area (Å²) in [5.41, 5.74) is 2.06. The molecule has 0 radical (unpaired) electrons. The van der Waals surface area contributed by atoms with Gasteiger partial charge in [-0.1, -0.05) is 29.3 Å². The van der Waals surface area contributed by atoms with Gasteiger partial charge in [-0.25, -0.2) is 0 Å². The summed E-state index contributed by atoms with van der Waals surface area (Å²) in [5, 5.41) is 23.6. The fourth-order valence-electron chi connectivity index (χ4n) is 2.12. The number of hydrogen-bond donors (Lipinski definition) is 0. The highest BCUT2D eigenvalue weighted by molar-refractivity contribution is 6.33. The van der Waals surface area contributed by atoms with Crippen LogP contribution < -0.4 is 5.11 Å². The summed E-state index contributed by atoms with van der Waals surface area (Å²) in [7, 11) is 0. The van der Waals surface area contributed by atoms with Gasteiger partial charge in [-0.3, -0.25) is 15.1 Å². The van der Waals surface area contributed by atoms with Crippen LogP contribution >= 0.6 is 11.6 Å². The molecule has 0 saturated carbocycles. The number of nitro groups is 1. The number of hydrogen-bond acceptors (Lipinski definition) is 4. The second-order valence-corrected chi connectivity index (χ2v) is 5.38. The zero-order chi connectivity index (χ0) is 16.4. The first-order chi connectivity index (χ1) is 10.3. The molecule has 5 nitrogen and oxygen atoms in total. The average Bonchev–Trinajstić information content (AvgIpc) is 2.46. The first kappa shape index (κ1) is 16.0. The average molecular weight is 318 g/mol. The number of rotatable bonds is 3. The third kappa shape index (κ3) is 2.94. The summed E-state index contributed by atoms with van der Waals surface area (Å²) in [6.45, 7) is 5.07. The van der Waals surface area contributed by atoms with Crippen LogP contribution in [-0.2, 0) is 0 Å². The number of nitro benzene ring substituents is 1. The van der Waals surface area contributed by atoms with Gasteiger partial charge in [-0.05, 0) is 49.8 Å². The van der Waals surface area contributed by atoms with Gasteiger partial charge >= 0.3 is 0 Å². The van der Waals surface area contributed by atoms with E-state index in [9.17, 15) is 15.2 Å². The van der Waals surface area contributed by atoms with Gasteiger partial charge < -0.3 is 5.11 Å². The van der Waals surface area contributed by atoms with Crippen LogP contribution in [-0.4, -0.2) is 11.1 Å². The second-order valence-electron chi connectivity index (χ2n) is 5.01. The molecule has 2 aromatic rings. The molecule has 2 aromatic carbocycles. The van der Waals surface area contributed by atoms with Crippen LogP contribution in [0.3, 0.4) is 0 Å². The summed E-state index contributed by atoms with van der Waals surface area (Å²) < 4.78 is 0. The Balaban J connectivity index is 2.55. The lowest BCUT2D eigenvalue weighted by Crippen LogP contribution is -2.07. The maximum atomic E-state index is 12.3. The molecule has 6 heteroatoms. The molecule has 0 aromatic heterocycles. The highest BCUT2D eigenvalue weighted by Crippen LogP contribution is 2.38. The molecule has 0 N–H and O–H groups in total. The van der Waals surface area contributed by atoms with E-state index in [2.05, 4.69) is 4.99 Å². The Morgan fingerprint density at radius 1 is 1.14 bits per heavy atom. The molecule has 2 rings (SSSR count). The highest BCUT2D eigenvalue weighted by Gasteiger charge is 2.20. The predicted octanol–water partition coefficient (Wildman–Crippen LogP) is 4.00. The van der Waals surface area contributed by atoms with Crippen molar-refractivity contribution in [3.63, 3.8) is 0 Å². The standard InChI is InChI=1S/C16H15ClN2O3/c1-9-4-6-12(7-5-9)18-8-13-10(2)14(17)11(3)15(16(13)20)19(21)22/h4-8,20H,1-3H3/p-1. The maximum absolute atomic E-state index is 12.3. The number of nitrogens with zero attached hydrogens (tertiary/aromatic N) is 2. The monoisotopic (exact) mass is 317 g/mol. The van der Waals surface area contributed by atoms with E-state index in [1.54, 1.807) is 19.1 Å². The Bertz CT molecular complexity index is 768. The minimum atomic E-state index is -0.702. The SMILES string of the molecule is Cc1ccc(N=Cc2c(C)c(Cl)c(C)c([N+](=O)[O-])c2[O-])cc1. The van der Waals surface area contributed by atoms with Crippen molar-refractivity contribution in [3.8, 4) is 5.75 Å². The van der Waals surface area contributed by atoms with E-state index in [1.807, 2.05) is 19.1 Å². The van der Waals surface area contributed by atoms with Crippen LogP contribution in [0.1, 0.15) is 22.3 Å². The molecule has 0 aliphatic heterocycles. The first-order valence-corrected chi connectivity index (χ1v) is 6.95. The van der Waals surface area contributed by atoms with E-state index in [-0.39, 0.29) is 16.1 Å². The zero-order valence-corrected chi connectivity index (χ0v) is 13.1. The highest BCUT2D eigenvalue weighted by atomic mass is 35.5. The molecule has 0 spiro atoms. The molecule has 114 valence electrons. The maximum Gasteiger partial charge on any atom is 0.266 e. The lowest BCUT2D eigenvalue weighted by atomic mass is 10.0. The Morgan fingerprint density at radius 2 is 1.73 bits per heavy atom. The normalized spacial score (nSPS) is 11.1. The Hall–Kier alpha value is -2.40. The van der Waals surface area contributed by atoms with Gasteiger partial charge in [0, 0.05) is 11.8 Å². The topological polar surface area (TPSA) is 78.6 Å². The van der Waals surface area contributed by atoms with E-state index < -0.39 is 16.4 Å². The second kappa shape index (κ2) is 6.15. The van der Waals surface area contributed by atoms with Crippen molar-refractivity contribution in [2.45, 2.75) is 20.8 Å². The number of aliphatic imine (C=N–C) groups is 1. The van der Waals surface area contributed by atoms with Crippen LogP contribution in [0.2, 0.25) is 5.02 Å². The fraction of sp³-hybridized carbons (Fsp3) is 0.188. The molecule has 0 aliphatic carbocycles. The van der Waals surface area contributed by atoms with Crippen molar-refractivity contribution in [2.75, 3.05) is 0 Å². The molecule has 0 fully saturated rings. The fourth-order valence-corrected chi connectivity index (χ4v) is 2.31. The molecule has 0 heterocycles. The van der Waals surface area contributed by atoms with Gasteiger partial charge in [0.2, 0.25) is 0 Å². The molecule has 0 saturated heterocycles.